The number of benzene rings is 2. The summed E-state index contributed by atoms with van der Waals surface area (Å²) in [5, 5.41) is 0.376. The van der Waals surface area contributed by atoms with Crippen LogP contribution in [0.1, 0.15) is 28.7 Å². The summed E-state index contributed by atoms with van der Waals surface area (Å²) in [5.41, 5.74) is 1.86. The molecular weight excluding hydrogens is 363 g/mol. The van der Waals surface area contributed by atoms with Gasteiger partial charge in [-0.15, -0.1) is 0 Å². The fourth-order valence-electron chi connectivity index (χ4n) is 3.64. The molecule has 0 saturated carbocycles. The molecule has 6 heteroatoms. The van der Waals surface area contributed by atoms with Crippen molar-refractivity contribution in [2.24, 2.45) is 0 Å². The lowest BCUT2D eigenvalue weighted by Crippen LogP contribution is -2.09. The maximum absolute atomic E-state index is 13.8. The first kappa shape index (κ1) is 18.2. The van der Waals surface area contributed by atoms with Crippen LogP contribution in [-0.2, 0) is 19.4 Å². The van der Waals surface area contributed by atoms with Crippen molar-refractivity contribution in [2.45, 2.75) is 32.8 Å². The number of rotatable bonds is 4. The van der Waals surface area contributed by atoms with Crippen LogP contribution >= 0.6 is 0 Å². The van der Waals surface area contributed by atoms with E-state index in [0.717, 1.165) is 6.42 Å². The third-order valence-corrected chi connectivity index (χ3v) is 5.14. The summed E-state index contributed by atoms with van der Waals surface area (Å²) in [6, 6.07) is 7.89. The van der Waals surface area contributed by atoms with Gasteiger partial charge in [0.25, 0.3) is 0 Å². The molecule has 5 nitrogen and oxygen atoms in total. The Kier molecular flexibility index (Phi) is 4.63. The standard InChI is InChI=1S/C22H19FO5/c1-12-18(27-11-13-6-8-19(26-2)17(23)10-13)9-7-16-20(24)14-4-3-5-15(14)22(25)28-21(12)16/h6-10H,3-5,11H2,1-2H3. The summed E-state index contributed by atoms with van der Waals surface area (Å²) in [5.74, 6) is 0.163. The average Bonchev–Trinajstić information content (AvgIpc) is 3.14. The van der Waals surface area contributed by atoms with Gasteiger partial charge < -0.3 is 13.9 Å². The van der Waals surface area contributed by atoms with Crippen molar-refractivity contribution < 1.29 is 18.3 Å². The fourth-order valence-corrected chi connectivity index (χ4v) is 3.64. The first-order valence-corrected chi connectivity index (χ1v) is 9.07. The van der Waals surface area contributed by atoms with E-state index >= 15 is 0 Å². The quantitative estimate of drug-likeness (QED) is 0.689. The van der Waals surface area contributed by atoms with Crippen LogP contribution in [0.3, 0.4) is 0 Å². The molecule has 0 aliphatic heterocycles. The number of hydrogen-bond donors (Lipinski definition) is 0. The minimum Gasteiger partial charge on any atom is -0.494 e. The second kappa shape index (κ2) is 7.11. The molecular formula is C22H19FO5. The van der Waals surface area contributed by atoms with Crippen LogP contribution < -0.4 is 20.5 Å². The van der Waals surface area contributed by atoms with E-state index in [0.29, 0.717) is 46.2 Å². The number of methoxy groups -OCH3 is 1. The summed E-state index contributed by atoms with van der Waals surface area (Å²) in [6.07, 6.45) is 1.96. The highest BCUT2D eigenvalue weighted by Crippen LogP contribution is 2.27. The van der Waals surface area contributed by atoms with E-state index in [-0.39, 0.29) is 23.4 Å². The van der Waals surface area contributed by atoms with Gasteiger partial charge in [-0.25, -0.2) is 9.18 Å². The summed E-state index contributed by atoms with van der Waals surface area (Å²) in [6.45, 7) is 1.86. The molecule has 4 rings (SSSR count). The molecule has 0 saturated heterocycles. The van der Waals surface area contributed by atoms with Crippen LogP contribution in [0.2, 0.25) is 0 Å². The van der Waals surface area contributed by atoms with Gasteiger partial charge >= 0.3 is 5.63 Å². The predicted molar refractivity (Wildman–Crippen MR) is 103 cm³/mol. The molecule has 1 aliphatic carbocycles. The van der Waals surface area contributed by atoms with Gasteiger partial charge in [0.15, 0.2) is 17.0 Å². The zero-order chi connectivity index (χ0) is 19.8. The lowest BCUT2D eigenvalue weighted by Gasteiger charge is -2.10. The molecule has 28 heavy (non-hydrogen) atoms. The highest BCUT2D eigenvalue weighted by molar-refractivity contribution is 5.82. The molecule has 3 aromatic rings. The zero-order valence-corrected chi connectivity index (χ0v) is 15.6. The van der Waals surface area contributed by atoms with Crippen LogP contribution in [0.5, 0.6) is 11.5 Å². The molecule has 1 heterocycles. The van der Waals surface area contributed by atoms with Gasteiger partial charge in [0.1, 0.15) is 17.9 Å². The zero-order valence-electron chi connectivity index (χ0n) is 15.6. The van der Waals surface area contributed by atoms with Crippen molar-refractivity contribution in [3.63, 3.8) is 0 Å². The second-order valence-corrected chi connectivity index (χ2v) is 6.85. The van der Waals surface area contributed by atoms with E-state index in [4.69, 9.17) is 13.9 Å². The lowest BCUT2D eigenvalue weighted by atomic mass is 10.1. The van der Waals surface area contributed by atoms with Gasteiger partial charge in [-0.05, 0) is 56.0 Å². The molecule has 0 amide bonds. The van der Waals surface area contributed by atoms with E-state index in [2.05, 4.69) is 0 Å². The molecule has 0 atom stereocenters. The Hall–Kier alpha value is -3.15. The summed E-state index contributed by atoms with van der Waals surface area (Å²) >= 11 is 0. The third-order valence-electron chi connectivity index (χ3n) is 5.14. The summed E-state index contributed by atoms with van der Waals surface area (Å²) < 4.78 is 30.1. The molecule has 2 aromatic carbocycles. The van der Waals surface area contributed by atoms with E-state index < -0.39 is 11.4 Å². The minimum absolute atomic E-state index is 0.122. The molecule has 0 spiro atoms. The predicted octanol–water partition coefficient (Wildman–Crippen LogP) is 3.68. The highest BCUT2D eigenvalue weighted by atomic mass is 19.1. The lowest BCUT2D eigenvalue weighted by molar-refractivity contribution is 0.302. The molecule has 0 bridgehead atoms. The van der Waals surface area contributed by atoms with Crippen molar-refractivity contribution in [1.29, 1.82) is 0 Å². The maximum Gasteiger partial charge on any atom is 0.339 e. The SMILES string of the molecule is COc1ccc(COc2ccc3c(=O)c4c(c(=O)oc3c2C)CCC4)cc1F. The fraction of sp³-hybridized carbons (Fsp3) is 0.273. The van der Waals surface area contributed by atoms with Crippen LogP contribution in [0.25, 0.3) is 11.0 Å². The molecule has 0 N–H and O–H groups in total. The average molecular weight is 382 g/mol. The molecule has 0 radical (unpaired) electrons. The Morgan fingerprint density at radius 3 is 2.57 bits per heavy atom. The first-order chi connectivity index (χ1) is 13.5. The molecule has 1 aliphatic rings. The van der Waals surface area contributed by atoms with Gasteiger partial charge in [0.05, 0.1) is 12.5 Å². The van der Waals surface area contributed by atoms with E-state index in [9.17, 15) is 14.0 Å². The minimum atomic E-state index is -0.470. The first-order valence-electron chi connectivity index (χ1n) is 9.07. The Labute approximate surface area is 160 Å². The molecule has 1 aromatic heterocycles. The van der Waals surface area contributed by atoms with Crippen molar-refractivity contribution in [1.82, 2.24) is 0 Å². The van der Waals surface area contributed by atoms with Crippen LogP contribution in [-0.4, -0.2) is 7.11 Å². The molecule has 0 fully saturated rings. The number of fused-ring (bicyclic) bond motifs is 2. The smallest absolute Gasteiger partial charge is 0.339 e. The van der Waals surface area contributed by atoms with Crippen LogP contribution in [0, 0.1) is 12.7 Å². The van der Waals surface area contributed by atoms with E-state index in [1.165, 1.54) is 19.2 Å². The molecule has 144 valence electrons. The van der Waals surface area contributed by atoms with Crippen LogP contribution in [0.15, 0.2) is 44.3 Å². The Balaban J connectivity index is 1.73. The molecule has 0 unspecified atom stereocenters. The highest BCUT2D eigenvalue weighted by Gasteiger charge is 2.21. The van der Waals surface area contributed by atoms with Gasteiger partial charge in [-0.2, -0.15) is 0 Å². The normalized spacial score (nSPS) is 12.8. The number of aryl methyl sites for hydroxylation is 1. The van der Waals surface area contributed by atoms with E-state index in [1.807, 2.05) is 0 Å². The number of ether oxygens (including phenoxy) is 2. The van der Waals surface area contributed by atoms with E-state index in [1.54, 1.807) is 25.1 Å². The van der Waals surface area contributed by atoms with Crippen molar-refractivity contribution >= 4 is 11.0 Å². The Bertz CT molecular complexity index is 1200. The monoisotopic (exact) mass is 382 g/mol. The van der Waals surface area contributed by atoms with Gasteiger partial charge in [0, 0.05) is 16.7 Å². The Morgan fingerprint density at radius 1 is 1.07 bits per heavy atom. The Morgan fingerprint density at radius 2 is 1.82 bits per heavy atom. The second-order valence-electron chi connectivity index (χ2n) is 6.85. The van der Waals surface area contributed by atoms with Gasteiger partial charge in [-0.3, -0.25) is 4.79 Å². The van der Waals surface area contributed by atoms with Crippen molar-refractivity contribution in [2.75, 3.05) is 7.11 Å². The van der Waals surface area contributed by atoms with Gasteiger partial charge in [0.2, 0.25) is 0 Å². The summed E-state index contributed by atoms with van der Waals surface area (Å²) in [4.78, 5) is 25.2. The van der Waals surface area contributed by atoms with Crippen LogP contribution in [0.4, 0.5) is 4.39 Å². The summed E-state index contributed by atoms with van der Waals surface area (Å²) in [7, 11) is 1.40. The van der Waals surface area contributed by atoms with Crippen molar-refractivity contribution in [3.8, 4) is 11.5 Å². The number of halogens is 1. The maximum atomic E-state index is 13.8. The largest absolute Gasteiger partial charge is 0.494 e. The topological polar surface area (TPSA) is 65.7 Å². The van der Waals surface area contributed by atoms with Crippen molar-refractivity contribution in [3.05, 3.63) is 79.0 Å². The van der Waals surface area contributed by atoms with Gasteiger partial charge in [-0.1, -0.05) is 6.07 Å². The third kappa shape index (κ3) is 3.05. The number of hydrogen-bond acceptors (Lipinski definition) is 5.